The lowest BCUT2D eigenvalue weighted by Gasteiger charge is -2.22. The molecule has 6 heteroatoms. The molecule has 1 saturated heterocycles. The molecule has 132 valence electrons. The molecule has 3 aromatic rings. The first-order chi connectivity index (χ1) is 12.7. The number of carbonyl (C=O) groups is 2. The van der Waals surface area contributed by atoms with Crippen LogP contribution in [0.3, 0.4) is 0 Å². The smallest absolute Gasteiger partial charge is 0.252 e. The van der Waals surface area contributed by atoms with E-state index in [9.17, 15) is 9.59 Å². The van der Waals surface area contributed by atoms with E-state index in [-0.39, 0.29) is 17.7 Å². The van der Waals surface area contributed by atoms with Crippen LogP contribution in [0.15, 0.2) is 47.8 Å². The molecule has 2 aromatic heterocycles. The average molecular weight is 365 g/mol. The van der Waals surface area contributed by atoms with Crippen molar-refractivity contribution >= 4 is 34.1 Å². The van der Waals surface area contributed by atoms with Crippen molar-refractivity contribution in [1.82, 2.24) is 15.6 Å². The lowest BCUT2D eigenvalue weighted by molar-refractivity contribution is -0.126. The van der Waals surface area contributed by atoms with Gasteiger partial charge in [0.05, 0.1) is 27.6 Å². The summed E-state index contributed by atoms with van der Waals surface area (Å²) < 4.78 is 0. The van der Waals surface area contributed by atoms with Gasteiger partial charge in [-0.1, -0.05) is 24.3 Å². The van der Waals surface area contributed by atoms with Crippen molar-refractivity contribution in [3.8, 4) is 10.6 Å². The maximum Gasteiger partial charge on any atom is 0.252 e. The van der Waals surface area contributed by atoms with Gasteiger partial charge in [0.1, 0.15) is 0 Å². The molecule has 5 nitrogen and oxygen atoms in total. The molecule has 0 bridgehead atoms. The maximum atomic E-state index is 12.9. The first kappa shape index (κ1) is 16.7. The van der Waals surface area contributed by atoms with Gasteiger partial charge in [0, 0.05) is 18.5 Å². The Hall–Kier alpha value is -2.73. The highest BCUT2D eigenvalue weighted by atomic mass is 32.1. The molecule has 1 aromatic carbocycles. The normalized spacial score (nSPS) is 17.1. The molecule has 1 atom stereocenters. The number of amides is 2. The van der Waals surface area contributed by atoms with Gasteiger partial charge in [-0.2, -0.15) is 0 Å². The molecule has 0 spiro atoms. The van der Waals surface area contributed by atoms with Crippen LogP contribution in [-0.2, 0) is 4.79 Å². The van der Waals surface area contributed by atoms with Crippen LogP contribution in [0.25, 0.3) is 21.5 Å². The number of hydrogen-bond acceptors (Lipinski definition) is 4. The van der Waals surface area contributed by atoms with Gasteiger partial charge in [0.25, 0.3) is 5.91 Å². The van der Waals surface area contributed by atoms with Crippen LogP contribution in [-0.4, -0.2) is 29.9 Å². The summed E-state index contributed by atoms with van der Waals surface area (Å²) in [5.41, 5.74) is 2.17. The van der Waals surface area contributed by atoms with Crippen molar-refractivity contribution in [3.05, 3.63) is 53.4 Å². The molecule has 0 aliphatic carbocycles. The molecule has 1 unspecified atom stereocenters. The van der Waals surface area contributed by atoms with Gasteiger partial charge in [-0.25, -0.2) is 4.98 Å². The number of thiophene rings is 1. The molecule has 4 rings (SSSR count). The minimum Gasteiger partial charge on any atom is -0.356 e. The number of nitrogens with zero attached hydrogens (tertiary/aromatic N) is 1. The van der Waals surface area contributed by atoms with Gasteiger partial charge in [-0.3, -0.25) is 9.59 Å². The molecule has 1 fully saturated rings. The fourth-order valence-electron chi connectivity index (χ4n) is 3.26. The van der Waals surface area contributed by atoms with E-state index >= 15 is 0 Å². The highest BCUT2D eigenvalue weighted by Gasteiger charge is 2.23. The molecular formula is C20H19N3O2S. The number of benzene rings is 1. The van der Waals surface area contributed by atoms with Crippen LogP contribution in [0, 0.1) is 5.92 Å². The minimum atomic E-state index is -0.167. The maximum absolute atomic E-state index is 12.9. The van der Waals surface area contributed by atoms with E-state index in [1.807, 2.05) is 47.8 Å². The standard InChI is InChI=1S/C20H19N3O2S/c24-19-13(5-3-9-21-19)12-22-20(25)15-11-17(18-8-4-10-26-18)23-16-7-2-1-6-14(15)16/h1-2,4,6-8,10-11,13H,3,5,9,12H2,(H,21,24)(H,22,25). The summed E-state index contributed by atoms with van der Waals surface area (Å²) in [5, 5.41) is 8.61. The summed E-state index contributed by atoms with van der Waals surface area (Å²) in [6.45, 7) is 1.08. The van der Waals surface area contributed by atoms with Crippen LogP contribution in [0.5, 0.6) is 0 Å². The fourth-order valence-corrected chi connectivity index (χ4v) is 3.94. The lowest BCUT2D eigenvalue weighted by Crippen LogP contribution is -2.42. The summed E-state index contributed by atoms with van der Waals surface area (Å²) in [7, 11) is 0. The number of nitrogens with one attached hydrogen (secondary N) is 2. The first-order valence-corrected chi connectivity index (χ1v) is 9.60. The van der Waals surface area contributed by atoms with Gasteiger partial charge in [-0.15, -0.1) is 11.3 Å². The number of fused-ring (bicyclic) bond motifs is 1. The van der Waals surface area contributed by atoms with E-state index in [4.69, 9.17) is 0 Å². The van der Waals surface area contributed by atoms with Crippen molar-refractivity contribution in [2.75, 3.05) is 13.1 Å². The number of pyridine rings is 1. The van der Waals surface area contributed by atoms with Crippen LogP contribution < -0.4 is 10.6 Å². The molecular weight excluding hydrogens is 346 g/mol. The average Bonchev–Trinajstić information content (AvgIpc) is 3.21. The van der Waals surface area contributed by atoms with E-state index in [1.54, 1.807) is 11.3 Å². The fraction of sp³-hybridized carbons (Fsp3) is 0.250. The third-order valence-corrected chi connectivity index (χ3v) is 5.54. The molecule has 2 N–H and O–H groups in total. The lowest BCUT2D eigenvalue weighted by atomic mass is 9.98. The third kappa shape index (κ3) is 3.32. The number of para-hydroxylation sites is 1. The number of rotatable bonds is 4. The highest BCUT2D eigenvalue weighted by molar-refractivity contribution is 7.13. The Morgan fingerprint density at radius 3 is 2.96 bits per heavy atom. The van der Waals surface area contributed by atoms with Crippen molar-refractivity contribution < 1.29 is 9.59 Å². The Labute approximate surface area is 155 Å². The molecule has 0 saturated carbocycles. The Balaban J connectivity index is 1.63. The molecule has 1 aliphatic heterocycles. The first-order valence-electron chi connectivity index (χ1n) is 8.72. The van der Waals surface area contributed by atoms with Gasteiger partial charge in [0.15, 0.2) is 0 Å². The summed E-state index contributed by atoms with van der Waals surface area (Å²) >= 11 is 1.59. The topological polar surface area (TPSA) is 71.1 Å². The minimum absolute atomic E-state index is 0.0235. The van der Waals surface area contributed by atoms with Crippen LogP contribution >= 0.6 is 11.3 Å². The summed E-state index contributed by atoms with van der Waals surface area (Å²) in [4.78, 5) is 30.5. The number of carbonyl (C=O) groups excluding carboxylic acids is 2. The zero-order valence-corrected chi connectivity index (χ0v) is 15.0. The summed E-state index contributed by atoms with van der Waals surface area (Å²) in [6, 6.07) is 13.4. The second kappa shape index (κ2) is 7.25. The van der Waals surface area contributed by atoms with Gasteiger partial charge >= 0.3 is 0 Å². The van der Waals surface area contributed by atoms with Crippen LogP contribution in [0.1, 0.15) is 23.2 Å². The van der Waals surface area contributed by atoms with Gasteiger partial charge in [-0.05, 0) is 36.4 Å². The van der Waals surface area contributed by atoms with E-state index in [1.165, 1.54) is 0 Å². The van der Waals surface area contributed by atoms with Crippen LogP contribution in [0.2, 0.25) is 0 Å². The third-order valence-electron chi connectivity index (χ3n) is 4.64. The van der Waals surface area contributed by atoms with Crippen molar-refractivity contribution in [1.29, 1.82) is 0 Å². The molecule has 2 amide bonds. The second-order valence-electron chi connectivity index (χ2n) is 6.39. The zero-order chi connectivity index (χ0) is 17.9. The molecule has 3 heterocycles. The molecule has 1 aliphatic rings. The quantitative estimate of drug-likeness (QED) is 0.746. The Kier molecular flexibility index (Phi) is 4.67. The SMILES string of the molecule is O=C(NCC1CCCNC1=O)c1cc(-c2cccs2)nc2ccccc12. The van der Waals surface area contributed by atoms with E-state index in [0.29, 0.717) is 12.1 Å². The van der Waals surface area contributed by atoms with Crippen molar-refractivity contribution in [2.24, 2.45) is 5.92 Å². The Bertz CT molecular complexity index is 953. The highest BCUT2D eigenvalue weighted by Crippen LogP contribution is 2.27. The summed E-state index contributed by atoms with van der Waals surface area (Å²) in [6.07, 6.45) is 1.76. The second-order valence-corrected chi connectivity index (χ2v) is 7.34. The van der Waals surface area contributed by atoms with Crippen LogP contribution in [0.4, 0.5) is 0 Å². The summed E-state index contributed by atoms with van der Waals surface area (Å²) in [5.74, 6) is -0.298. The molecule has 0 radical (unpaired) electrons. The van der Waals surface area contributed by atoms with Gasteiger partial charge < -0.3 is 10.6 Å². The number of piperidine rings is 1. The zero-order valence-electron chi connectivity index (χ0n) is 14.2. The predicted octanol–water partition coefficient (Wildman–Crippen LogP) is 3.22. The van der Waals surface area contributed by atoms with Crippen molar-refractivity contribution in [3.63, 3.8) is 0 Å². The Morgan fingerprint density at radius 2 is 2.15 bits per heavy atom. The molecule has 26 heavy (non-hydrogen) atoms. The van der Waals surface area contributed by atoms with Crippen molar-refractivity contribution in [2.45, 2.75) is 12.8 Å². The van der Waals surface area contributed by atoms with E-state index in [2.05, 4.69) is 15.6 Å². The largest absolute Gasteiger partial charge is 0.356 e. The van der Waals surface area contributed by atoms with Gasteiger partial charge in [0.2, 0.25) is 5.91 Å². The number of hydrogen-bond donors (Lipinski definition) is 2. The van der Waals surface area contributed by atoms with E-state index in [0.717, 1.165) is 40.9 Å². The Morgan fingerprint density at radius 1 is 1.27 bits per heavy atom. The monoisotopic (exact) mass is 365 g/mol. The number of aromatic nitrogens is 1. The predicted molar refractivity (Wildman–Crippen MR) is 103 cm³/mol. The van der Waals surface area contributed by atoms with E-state index < -0.39 is 0 Å².